The number of carbonyl (C=O) groups is 1. The summed E-state index contributed by atoms with van der Waals surface area (Å²) in [5.74, 6) is 0.970. The van der Waals surface area contributed by atoms with Gasteiger partial charge in [0.05, 0.1) is 12.7 Å². The first-order valence-electron chi connectivity index (χ1n) is 8.61. The molecule has 1 N–H and O–H groups in total. The molecule has 27 heavy (non-hydrogen) atoms. The van der Waals surface area contributed by atoms with E-state index < -0.39 is 0 Å². The summed E-state index contributed by atoms with van der Waals surface area (Å²) in [5, 5.41) is 2.91. The number of nitrogens with one attached hydrogen (secondary N) is 1. The number of rotatable bonds is 5. The van der Waals surface area contributed by atoms with Crippen molar-refractivity contribution in [2.24, 2.45) is 0 Å². The molecule has 0 unspecified atom stereocenters. The molecule has 0 bridgehead atoms. The summed E-state index contributed by atoms with van der Waals surface area (Å²) in [6.07, 6.45) is 0. The Hall–Kier alpha value is -3.60. The van der Waals surface area contributed by atoms with Gasteiger partial charge >= 0.3 is 0 Å². The number of hydrogen-bond donors (Lipinski definition) is 1. The maximum atomic E-state index is 12.4. The normalized spacial score (nSPS) is 10.7. The summed E-state index contributed by atoms with van der Waals surface area (Å²) in [7, 11) is 1.55. The van der Waals surface area contributed by atoms with Crippen molar-refractivity contribution < 1.29 is 13.9 Å². The predicted molar refractivity (Wildman–Crippen MR) is 104 cm³/mol. The molecule has 0 aliphatic rings. The molecule has 5 nitrogen and oxygen atoms in total. The van der Waals surface area contributed by atoms with E-state index in [1.165, 1.54) is 0 Å². The Labute approximate surface area is 156 Å². The third-order valence-corrected chi connectivity index (χ3v) is 4.30. The van der Waals surface area contributed by atoms with Gasteiger partial charge < -0.3 is 14.5 Å². The van der Waals surface area contributed by atoms with Gasteiger partial charge in [-0.25, -0.2) is 4.98 Å². The topological polar surface area (TPSA) is 64.4 Å². The largest absolute Gasteiger partial charge is 0.496 e. The van der Waals surface area contributed by atoms with Crippen molar-refractivity contribution >= 4 is 17.0 Å². The summed E-state index contributed by atoms with van der Waals surface area (Å²) in [5.41, 5.74) is 3.99. The highest BCUT2D eigenvalue weighted by atomic mass is 16.5. The van der Waals surface area contributed by atoms with Crippen LogP contribution < -0.4 is 10.1 Å². The molecule has 1 aromatic heterocycles. The van der Waals surface area contributed by atoms with Crippen LogP contribution in [0.2, 0.25) is 0 Å². The van der Waals surface area contributed by atoms with E-state index in [0.717, 1.165) is 22.2 Å². The van der Waals surface area contributed by atoms with Crippen molar-refractivity contribution in [3.8, 4) is 17.2 Å². The van der Waals surface area contributed by atoms with E-state index in [-0.39, 0.29) is 5.91 Å². The molecule has 0 saturated carbocycles. The fourth-order valence-electron chi connectivity index (χ4n) is 2.87. The van der Waals surface area contributed by atoms with Crippen LogP contribution >= 0.6 is 0 Å². The van der Waals surface area contributed by atoms with Gasteiger partial charge in [0.2, 0.25) is 5.89 Å². The molecule has 4 aromatic rings. The Balaban J connectivity index is 1.45. The van der Waals surface area contributed by atoms with E-state index in [1.807, 2.05) is 60.7 Å². The molecule has 0 atom stereocenters. The molecule has 4 rings (SSSR count). The maximum Gasteiger partial charge on any atom is 0.255 e. The molecule has 0 radical (unpaired) electrons. The third kappa shape index (κ3) is 3.53. The van der Waals surface area contributed by atoms with Crippen LogP contribution in [0.3, 0.4) is 0 Å². The van der Waals surface area contributed by atoms with Gasteiger partial charge in [-0.15, -0.1) is 0 Å². The van der Waals surface area contributed by atoms with Crippen LogP contribution in [0.25, 0.3) is 22.6 Å². The molecule has 0 saturated heterocycles. The van der Waals surface area contributed by atoms with Crippen LogP contribution in [0.5, 0.6) is 5.75 Å². The van der Waals surface area contributed by atoms with Gasteiger partial charge in [0.1, 0.15) is 11.3 Å². The molecule has 0 aliphatic carbocycles. The standard InChI is InChI=1S/C22H18N2O3/c1-26-19-8-4-2-6-17(19)21(25)23-14-15-10-12-16(13-11-15)22-24-18-7-3-5-9-20(18)27-22/h2-13H,14H2,1H3,(H,23,25). The van der Waals surface area contributed by atoms with Crippen LogP contribution in [-0.2, 0) is 6.54 Å². The minimum absolute atomic E-state index is 0.171. The van der Waals surface area contributed by atoms with Crippen molar-refractivity contribution in [3.63, 3.8) is 0 Å². The molecule has 0 fully saturated rings. The number of amides is 1. The lowest BCUT2D eigenvalue weighted by atomic mass is 10.1. The van der Waals surface area contributed by atoms with E-state index in [4.69, 9.17) is 9.15 Å². The zero-order valence-electron chi connectivity index (χ0n) is 14.8. The van der Waals surface area contributed by atoms with Gasteiger partial charge in [-0.05, 0) is 42.0 Å². The molecule has 5 heteroatoms. The van der Waals surface area contributed by atoms with E-state index in [9.17, 15) is 4.79 Å². The number of fused-ring (bicyclic) bond motifs is 1. The number of methoxy groups -OCH3 is 1. The minimum atomic E-state index is -0.171. The van der Waals surface area contributed by atoms with Gasteiger partial charge in [0, 0.05) is 12.1 Å². The SMILES string of the molecule is COc1ccccc1C(=O)NCc1ccc(-c2nc3ccccc3o2)cc1. The number of para-hydroxylation sites is 3. The average molecular weight is 358 g/mol. The Morgan fingerprint density at radius 1 is 1.00 bits per heavy atom. The molecule has 1 heterocycles. The lowest BCUT2D eigenvalue weighted by Crippen LogP contribution is -2.23. The van der Waals surface area contributed by atoms with E-state index in [0.29, 0.717) is 23.7 Å². The molecular formula is C22H18N2O3. The van der Waals surface area contributed by atoms with Crippen molar-refractivity contribution in [1.82, 2.24) is 10.3 Å². The van der Waals surface area contributed by atoms with Crippen molar-refractivity contribution in [1.29, 1.82) is 0 Å². The highest BCUT2D eigenvalue weighted by Gasteiger charge is 2.11. The molecule has 0 spiro atoms. The van der Waals surface area contributed by atoms with Crippen molar-refractivity contribution in [2.75, 3.05) is 7.11 Å². The van der Waals surface area contributed by atoms with Crippen molar-refractivity contribution in [3.05, 3.63) is 83.9 Å². The molecule has 134 valence electrons. The first kappa shape index (κ1) is 16.8. The Bertz CT molecular complexity index is 1050. The van der Waals surface area contributed by atoms with Crippen LogP contribution in [0.15, 0.2) is 77.2 Å². The van der Waals surface area contributed by atoms with Gasteiger partial charge in [-0.1, -0.05) is 36.4 Å². The number of aromatic nitrogens is 1. The lowest BCUT2D eigenvalue weighted by molar-refractivity contribution is 0.0948. The van der Waals surface area contributed by atoms with Gasteiger partial charge in [-0.3, -0.25) is 4.79 Å². The monoisotopic (exact) mass is 358 g/mol. The molecule has 3 aromatic carbocycles. The minimum Gasteiger partial charge on any atom is -0.496 e. The third-order valence-electron chi connectivity index (χ3n) is 4.30. The van der Waals surface area contributed by atoms with Crippen LogP contribution in [-0.4, -0.2) is 18.0 Å². The van der Waals surface area contributed by atoms with E-state index in [2.05, 4.69) is 10.3 Å². The van der Waals surface area contributed by atoms with Crippen LogP contribution in [0.4, 0.5) is 0 Å². The number of benzene rings is 3. The van der Waals surface area contributed by atoms with Gasteiger partial charge in [0.25, 0.3) is 5.91 Å². The average Bonchev–Trinajstić information content (AvgIpc) is 3.16. The zero-order valence-corrected chi connectivity index (χ0v) is 14.8. The van der Waals surface area contributed by atoms with Gasteiger partial charge in [-0.2, -0.15) is 0 Å². The molecule has 0 aliphatic heterocycles. The Morgan fingerprint density at radius 3 is 2.52 bits per heavy atom. The first-order chi connectivity index (χ1) is 13.2. The quantitative estimate of drug-likeness (QED) is 0.573. The zero-order chi connectivity index (χ0) is 18.6. The predicted octanol–water partition coefficient (Wildman–Crippen LogP) is 4.43. The number of nitrogens with zero attached hydrogens (tertiary/aromatic N) is 1. The van der Waals surface area contributed by atoms with Crippen LogP contribution in [0.1, 0.15) is 15.9 Å². The van der Waals surface area contributed by atoms with Gasteiger partial charge in [0.15, 0.2) is 5.58 Å². The second-order valence-corrected chi connectivity index (χ2v) is 6.07. The highest BCUT2D eigenvalue weighted by Crippen LogP contribution is 2.24. The number of ether oxygens (including phenoxy) is 1. The first-order valence-corrected chi connectivity index (χ1v) is 8.61. The Kier molecular flexibility index (Phi) is 4.58. The summed E-state index contributed by atoms with van der Waals surface area (Å²) >= 11 is 0. The summed E-state index contributed by atoms with van der Waals surface area (Å²) in [6.45, 7) is 0.421. The maximum absolute atomic E-state index is 12.4. The summed E-state index contributed by atoms with van der Waals surface area (Å²) < 4.78 is 11.0. The summed E-state index contributed by atoms with van der Waals surface area (Å²) in [6, 6.07) is 22.6. The van der Waals surface area contributed by atoms with E-state index in [1.54, 1.807) is 19.2 Å². The number of oxazole rings is 1. The van der Waals surface area contributed by atoms with Crippen molar-refractivity contribution in [2.45, 2.75) is 6.54 Å². The molecular weight excluding hydrogens is 340 g/mol. The van der Waals surface area contributed by atoms with E-state index >= 15 is 0 Å². The molecule has 1 amide bonds. The Morgan fingerprint density at radius 2 is 1.74 bits per heavy atom. The van der Waals surface area contributed by atoms with Crippen LogP contribution in [0, 0.1) is 0 Å². The fraction of sp³-hybridized carbons (Fsp3) is 0.0909. The second kappa shape index (κ2) is 7.33. The highest BCUT2D eigenvalue weighted by molar-refractivity contribution is 5.96. The fourth-order valence-corrected chi connectivity index (χ4v) is 2.87. The second-order valence-electron chi connectivity index (χ2n) is 6.07. The number of carbonyl (C=O) groups excluding carboxylic acids is 1. The smallest absolute Gasteiger partial charge is 0.255 e. The number of hydrogen-bond acceptors (Lipinski definition) is 4. The lowest BCUT2D eigenvalue weighted by Gasteiger charge is -2.09. The summed E-state index contributed by atoms with van der Waals surface area (Å²) in [4.78, 5) is 16.9.